The van der Waals surface area contributed by atoms with Gasteiger partial charge in [0.1, 0.15) is 11.4 Å². The summed E-state index contributed by atoms with van der Waals surface area (Å²) < 4.78 is 7.53. The SMILES string of the molecule is CCCN1C(=O)/C(=C/c2cc(I)cc(I)c2OC)NC1=S. The molecular formula is C14H14I2N2O2S. The number of carbonyl (C=O) groups excluding carboxylic acids is 1. The zero-order valence-corrected chi connectivity index (χ0v) is 16.7. The Balaban J connectivity index is 2.41. The van der Waals surface area contributed by atoms with Crippen LogP contribution in [0.4, 0.5) is 0 Å². The Labute approximate surface area is 156 Å². The minimum Gasteiger partial charge on any atom is -0.495 e. The maximum atomic E-state index is 12.3. The van der Waals surface area contributed by atoms with Crippen LogP contribution in [0.5, 0.6) is 5.75 Å². The standard InChI is InChI=1S/C14H14I2N2O2S/c1-3-4-18-13(19)11(17-14(18)21)6-8-5-9(15)7-10(16)12(8)20-2/h5-7H,3-4H2,1-2H3,(H,17,21)/b11-6-. The molecule has 1 saturated heterocycles. The molecule has 0 atom stereocenters. The van der Waals surface area contributed by atoms with Crippen molar-refractivity contribution in [3.63, 3.8) is 0 Å². The van der Waals surface area contributed by atoms with Crippen LogP contribution in [0.3, 0.4) is 0 Å². The highest BCUT2D eigenvalue weighted by Gasteiger charge is 2.30. The van der Waals surface area contributed by atoms with Gasteiger partial charge in [0.15, 0.2) is 5.11 Å². The third-order valence-electron chi connectivity index (χ3n) is 2.95. The number of methoxy groups -OCH3 is 1. The number of thiocarbonyl (C=S) groups is 1. The van der Waals surface area contributed by atoms with Crippen molar-refractivity contribution in [3.8, 4) is 5.75 Å². The average molecular weight is 528 g/mol. The summed E-state index contributed by atoms with van der Waals surface area (Å²) in [7, 11) is 1.63. The number of carbonyl (C=O) groups is 1. The van der Waals surface area contributed by atoms with Crippen LogP contribution >= 0.6 is 57.4 Å². The molecule has 1 fully saturated rings. The number of nitrogens with one attached hydrogen (secondary N) is 1. The van der Waals surface area contributed by atoms with Gasteiger partial charge < -0.3 is 10.1 Å². The van der Waals surface area contributed by atoms with Crippen LogP contribution in [0.1, 0.15) is 18.9 Å². The molecule has 112 valence electrons. The first kappa shape index (κ1) is 16.9. The van der Waals surface area contributed by atoms with E-state index in [1.807, 2.05) is 19.1 Å². The molecule has 1 aromatic carbocycles. The van der Waals surface area contributed by atoms with Crippen molar-refractivity contribution < 1.29 is 9.53 Å². The predicted molar refractivity (Wildman–Crippen MR) is 104 cm³/mol. The fraction of sp³-hybridized carbons (Fsp3) is 0.286. The lowest BCUT2D eigenvalue weighted by atomic mass is 10.1. The molecule has 1 aliphatic heterocycles. The van der Waals surface area contributed by atoms with E-state index in [4.69, 9.17) is 17.0 Å². The first-order valence-corrected chi connectivity index (χ1v) is 8.92. The number of ether oxygens (including phenoxy) is 1. The fourth-order valence-electron chi connectivity index (χ4n) is 2.06. The zero-order valence-electron chi connectivity index (χ0n) is 11.6. The van der Waals surface area contributed by atoms with Gasteiger partial charge in [-0.05, 0) is 82.0 Å². The topological polar surface area (TPSA) is 41.6 Å². The molecule has 21 heavy (non-hydrogen) atoms. The Morgan fingerprint density at radius 1 is 1.43 bits per heavy atom. The minimum absolute atomic E-state index is 0.0854. The Morgan fingerprint density at radius 2 is 2.14 bits per heavy atom. The van der Waals surface area contributed by atoms with Gasteiger partial charge in [-0.3, -0.25) is 9.69 Å². The van der Waals surface area contributed by atoms with Crippen LogP contribution in [-0.2, 0) is 4.79 Å². The number of hydrogen-bond acceptors (Lipinski definition) is 3. The highest BCUT2D eigenvalue weighted by Crippen LogP contribution is 2.30. The summed E-state index contributed by atoms with van der Waals surface area (Å²) >= 11 is 9.68. The van der Waals surface area contributed by atoms with E-state index in [1.54, 1.807) is 18.1 Å². The van der Waals surface area contributed by atoms with E-state index >= 15 is 0 Å². The van der Waals surface area contributed by atoms with Gasteiger partial charge in [-0.2, -0.15) is 0 Å². The van der Waals surface area contributed by atoms with Gasteiger partial charge in [-0.1, -0.05) is 6.92 Å². The number of amides is 1. The van der Waals surface area contributed by atoms with E-state index in [9.17, 15) is 4.79 Å². The van der Waals surface area contributed by atoms with Crippen LogP contribution in [0.15, 0.2) is 17.8 Å². The first-order chi connectivity index (χ1) is 9.97. The van der Waals surface area contributed by atoms with Crippen molar-refractivity contribution in [2.45, 2.75) is 13.3 Å². The van der Waals surface area contributed by atoms with Crippen molar-refractivity contribution >= 4 is 74.5 Å². The average Bonchev–Trinajstić information content (AvgIpc) is 2.66. The molecule has 1 aromatic rings. The van der Waals surface area contributed by atoms with Gasteiger partial charge in [0.2, 0.25) is 0 Å². The van der Waals surface area contributed by atoms with E-state index in [-0.39, 0.29) is 5.91 Å². The van der Waals surface area contributed by atoms with Crippen molar-refractivity contribution in [1.29, 1.82) is 0 Å². The second kappa shape index (κ2) is 7.23. The Morgan fingerprint density at radius 3 is 2.76 bits per heavy atom. The van der Waals surface area contributed by atoms with Crippen molar-refractivity contribution in [2.24, 2.45) is 0 Å². The maximum Gasteiger partial charge on any atom is 0.276 e. The van der Waals surface area contributed by atoms with Gasteiger partial charge in [-0.15, -0.1) is 0 Å². The quantitative estimate of drug-likeness (QED) is 0.370. The van der Waals surface area contributed by atoms with Crippen molar-refractivity contribution in [2.75, 3.05) is 13.7 Å². The molecule has 0 aliphatic carbocycles. The van der Waals surface area contributed by atoms with Crippen LogP contribution < -0.4 is 10.1 Å². The number of nitrogens with zero attached hydrogens (tertiary/aromatic N) is 1. The van der Waals surface area contributed by atoms with E-state index in [0.717, 1.165) is 24.9 Å². The van der Waals surface area contributed by atoms with Crippen LogP contribution in [0.25, 0.3) is 6.08 Å². The van der Waals surface area contributed by atoms with Gasteiger partial charge >= 0.3 is 0 Å². The zero-order chi connectivity index (χ0) is 15.6. The normalized spacial score (nSPS) is 16.6. The Hall–Kier alpha value is -0.420. The van der Waals surface area contributed by atoms with E-state index in [2.05, 4.69) is 50.5 Å². The second-order valence-electron chi connectivity index (χ2n) is 4.46. The monoisotopic (exact) mass is 528 g/mol. The maximum absolute atomic E-state index is 12.3. The highest BCUT2D eigenvalue weighted by atomic mass is 127. The summed E-state index contributed by atoms with van der Waals surface area (Å²) in [6.07, 6.45) is 2.67. The molecular weight excluding hydrogens is 514 g/mol. The lowest BCUT2D eigenvalue weighted by molar-refractivity contribution is -0.122. The van der Waals surface area contributed by atoms with Crippen molar-refractivity contribution in [1.82, 2.24) is 10.2 Å². The third-order valence-corrected chi connectivity index (χ3v) is 4.70. The molecule has 1 N–H and O–H groups in total. The molecule has 0 bridgehead atoms. The first-order valence-electron chi connectivity index (χ1n) is 6.35. The molecule has 7 heteroatoms. The van der Waals surface area contributed by atoms with E-state index < -0.39 is 0 Å². The number of rotatable bonds is 4. The largest absolute Gasteiger partial charge is 0.495 e. The molecule has 0 saturated carbocycles. The van der Waals surface area contributed by atoms with Gasteiger partial charge in [0, 0.05) is 15.7 Å². The molecule has 0 spiro atoms. The summed E-state index contributed by atoms with van der Waals surface area (Å²) in [5.74, 6) is 0.677. The number of halogens is 2. The fourth-order valence-corrected chi connectivity index (χ4v) is 4.45. The predicted octanol–water partition coefficient (Wildman–Crippen LogP) is 3.37. The van der Waals surface area contributed by atoms with Gasteiger partial charge in [0.25, 0.3) is 5.91 Å². The third kappa shape index (κ3) is 3.67. The number of benzene rings is 1. The molecule has 1 aliphatic rings. The molecule has 1 amide bonds. The molecule has 4 nitrogen and oxygen atoms in total. The summed E-state index contributed by atoms with van der Waals surface area (Å²) in [6.45, 7) is 2.64. The van der Waals surface area contributed by atoms with E-state index in [0.29, 0.717) is 17.4 Å². The molecule has 2 rings (SSSR count). The Kier molecular flexibility index (Phi) is 5.83. The highest BCUT2D eigenvalue weighted by molar-refractivity contribution is 14.1. The second-order valence-corrected chi connectivity index (χ2v) is 7.25. The molecule has 0 unspecified atom stereocenters. The summed E-state index contributed by atoms with van der Waals surface area (Å²) in [5, 5.41) is 3.45. The van der Waals surface area contributed by atoms with Crippen LogP contribution in [0.2, 0.25) is 0 Å². The summed E-state index contributed by atoms with van der Waals surface area (Å²) in [4.78, 5) is 13.9. The lowest BCUT2D eigenvalue weighted by Crippen LogP contribution is -2.31. The molecule has 0 radical (unpaired) electrons. The van der Waals surface area contributed by atoms with Crippen LogP contribution in [0, 0.1) is 7.14 Å². The van der Waals surface area contributed by atoms with Gasteiger partial charge in [0.05, 0.1) is 10.7 Å². The summed E-state index contributed by atoms with van der Waals surface area (Å²) in [5.41, 5.74) is 1.36. The smallest absolute Gasteiger partial charge is 0.276 e. The Bertz CT molecular complexity index is 632. The van der Waals surface area contributed by atoms with Crippen molar-refractivity contribution in [3.05, 3.63) is 30.5 Å². The molecule has 0 aromatic heterocycles. The number of hydrogen-bond donors (Lipinski definition) is 1. The van der Waals surface area contributed by atoms with Gasteiger partial charge in [-0.25, -0.2) is 0 Å². The lowest BCUT2D eigenvalue weighted by Gasteiger charge is -2.11. The molecule has 1 heterocycles. The summed E-state index contributed by atoms with van der Waals surface area (Å²) in [6, 6.07) is 4.01. The van der Waals surface area contributed by atoms with Crippen LogP contribution in [-0.4, -0.2) is 29.6 Å². The van der Waals surface area contributed by atoms with E-state index in [1.165, 1.54) is 0 Å². The minimum atomic E-state index is -0.0854.